The first-order valence-corrected chi connectivity index (χ1v) is 4.36. The zero-order valence-electron chi connectivity index (χ0n) is 7.45. The van der Waals surface area contributed by atoms with Gasteiger partial charge in [-0.1, -0.05) is 44.6 Å². The van der Waals surface area contributed by atoms with Gasteiger partial charge in [-0.15, -0.1) is 0 Å². The van der Waals surface area contributed by atoms with E-state index in [1.807, 2.05) is 0 Å². The summed E-state index contributed by atoms with van der Waals surface area (Å²) in [5.41, 5.74) is 8.11. The first-order chi connectivity index (χ1) is 5.35. The van der Waals surface area contributed by atoms with Crippen LogP contribution in [0.3, 0.4) is 0 Å². The van der Waals surface area contributed by atoms with Gasteiger partial charge in [0.15, 0.2) is 0 Å². The van der Waals surface area contributed by atoms with Crippen LogP contribution in [0.15, 0.2) is 5.11 Å². The molecule has 0 fully saturated rings. The van der Waals surface area contributed by atoms with Gasteiger partial charge in [0.25, 0.3) is 0 Å². The van der Waals surface area contributed by atoms with Gasteiger partial charge < -0.3 is 0 Å². The third-order valence-electron chi connectivity index (χ3n) is 1.80. The van der Waals surface area contributed by atoms with Gasteiger partial charge in [0.1, 0.15) is 0 Å². The lowest BCUT2D eigenvalue weighted by Gasteiger charge is -2.10. The zero-order valence-corrected chi connectivity index (χ0v) is 7.45. The van der Waals surface area contributed by atoms with Crippen molar-refractivity contribution in [3.05, 3.63) is 10.4 Å². The highest BCUT2D eigenvalue weighted by atomic mass is 15.1. The van der Waals surface area contributed by atoms with Crippen LogP contribution in [0.5, 0.6) is 0 Å². The van der Waals surface area contributed by atoms with Crippen molar-refractivity contribution in [3.63, 3.8) is 0 Å². The van der Waals surface area contributed by atoms with E-state index in [9.17, 15) is 0 Å². The zero-order chi connectivity index (χ0) is 8.53. The van der Waals surface area contributed by atoms with Crippen LogP contribution >= 0.6 is 0 Å². The molecule has 3 heteroatoms. The number of hydrogen-bond acceptors (Lipinski definition) is 1. The monoisotopic (exact) mass is 155 g/mol. The average molecular weight is 155 g/mol. The molecule has 0 spiro atoms. The maximum atomic E-state index is 8.11. The van der Waals surface area contributed by atoms with Crippen LogP contribution < -0.4 is 0 Å². The Labute approximate surface area is 68.4 Å². The number of rotatable bonds is 6. The summed E-state index contributed by atoms with van der Waals surface area (Å²) in [5, 5.41) is 3.59. The summed E-state index contributed by atoms with van der Waals surface area (Å²) < 4.78 is 0. The van der Waals surface area contributed by atoms with E-state index in [1.165, 1.54) is 25.7 Å². The maximum Gasteiger partial charge on any atom is 0.0286 e. The Hall–Kier alpha value is -0.690. The molecule has 0 saturated heterocycles. The van der Waals surface area contributed by atoms with Crippen LogP contribution in [0, 0.1) is 5.92 Å². The van der Waals surface area contributed by atoms with Crippen LogP contribution in [0.25, 0.3) is 10.4 Å². The first kappa shape index (κ1) is 10.3. The Bertz CT molecular complexity index is 121. The Morgan fingerprint density at radius 3 is 2.18 bits per heavy atom. The minimum atomic E-state index is 0.612. The molecule has 0 saturated carbocycles. The summed E-state index contributed by atoms with van der Waals surface area (Å²) >= 11 is 0. The Kier molecular flexibility index (Phi) is 6.95. The van der Waals surface area contributed by atoms with Crippen LogP contribution in [-0.4, -0.2) is 6.54 Å². The molecule has 0 aromatic carbocycles. The lowest BCUT2D eigenvalue weighted by atomic mass is 9.99. The first-order valence-electron chi connectivity index (χ1n) is 4.36. The van der Waals surface area contributed by atoms with E-state index in [-0.39, 0.29) is 0 Å². The lowest BCUT2D eigenvalue weighted by molar-refractivity contribution is 0.450. The Morgan fingerprint density at radius 1 is 1.27 bits per heavy atom. The SMILES string of the molecule is CCCC(CCC)CN=[N+]=[N-]. The van der Waals surface area contributed by atoms with Crippen molar-refractivity contribution in [3.8, 4) is 0 Å². The Morgan fingerprint density at radius 2 is 1.82 bits per heavy atom. The van der Waals surface area contributed by atoms with Crippen molar-refractivity contribution < 1.29 is 0 Å². The molecule has 64 valence electrons. The number of hydrogen-bond donors (Lipinski definition) is 0. The lowest BCUT2D eigenvalue weighted by Crippen LogP contribution is -2.02. The summed E-state index contributed by atoms with van der Waals surface area (Å²) in [6.07, 6.45) is 4.75. The van der Waals surface area contributed by atoms with Crippen molar-refractivity contribution >= 4 is 0 Å². The molecule has 3 nitrogen and oxygen atoms in total. The van der Waals surface area contributed by atoms with E-state index < -0.39 is 0 Å². The molecule has 0 aliphatic rings. The normalized spacial score (nSPS) is 9.73. The standard InChI is InChI=1S/C8H17N3/c1-3-5-8(6-4-2)7-10-11-9/h8H,3-7H2,1-2H3. The summed E-state index contributed by atoms with van der Waals surface area (Å²) in [6.45, 7) is 5.01. The molecular weight excluding hydrogens is 138 g/mol. The second kappa shape index (κ2) is 7.42. The third-order valence-corrected chi connectivity index (χ3v) is 1.80. The van der Waals surface area contributed by atoms with Gasteiger partial charge in [-0.05, 0) is 11.4 Å². The quantitative estimate of drug-likeness (QED) is 0.320. The maximum absolute atomic E-state index is 8.11. The van der Waals surface area contributed by atoms with E-state index in [4.69, 9.17) is 5.53 Å². The van der Waals surface area contributed by atoms with Gasteiger partial charge in [0, 0.05) is 11.5 Å². The van der Waals surface area contributed by atoms with Crippen LogP contribution in [0.1, 0.15) is 39.5 Å². The van der Waals surface area contributed by atoms with Gasteiger partial charge in [-0.25, -0.2) is 0 Å². The highest BCUT2D eigenvalue weighted by molar-refractivity contribution is 4.61. The minimum absolute atomic E-state index is 0.612. The minimum Gasteiger partial charge on any atom is -0.0937 e. The highest BCUT2D eigenvalue weighted by Gasteiger charge is 2.03. The molecule has 0 atom stereocenters. The molecule has 0 bridgehead atoms. The van der Waals surface area contributed by atoms with Crippen molar-refractivity contribution in [2.45, 2.75) is 39.5 Å². The van der Waals surface area contributed by atoms with Gasteiger partial charge in [0.2, 0.25) is 0 Å². The molecular formula is C8H17N3. The van der Waals surface area contributed by atoms with E-state index >= 15 is 0 Å². The van der Waals surface area contributed by atoms with Gasteiger partial charge in [-0.3, -0.25) is 0 Å². The molecule has 0 amide bonds. The molecule has 0 rings (SSSR count). The molecule has 11 heavy (non-hydrogen) atoms. The molecule has 0 unspecified atom stereocenters. The van der Waals surface area contributed by atoms with Crippen LogP contribution in [0.4, 0.5) is 0 Å². The fourth-order valence-electron chi connectivity index (χ4n) is 1.30. The summed E-state index contributed by atoms with van der Waals surface area (Å²) in [6, 6.07) is 0. The second-order valence-electron chi connectivity index (χ2n) is 2.86. The average Bonchev–Trinajstić information content (AvgIpc) is 2.01. The predicted molar refractivity (Wildman–Crippen MR) is 47.3 cm³/mol. The van der Waals surface area contributed by atoms with Gasteiger partial charge in [-0.2, -0.15) is 0 Å². The second-order valence-corrected chi connectivity index (χ2v) is 2.86. The van der Waals surface area contributed by atoms with Crippen molar-refractivity contribution in [1.82, 2.24) is 0 Å². The van der Waals surface area contributed by atoms with E-state index in [0.29, 0.717) is 12.5 Å². The molecule has 0 heterocycles. The fraction of sp³-hybridized carbons (Fsp3) is 1.00. The van der Waals surface area contributed by atoms with Crippen molar-refractivity contribution in [1.29, 1.82) is 0 Å². The van der Waals surface area contributed by atoms with Crippen molar-refractivity contribution in [2.24, 2.45) is 11.0 Å². The molecule has 0 aliphatic heterocycles. The summed E-state index contributed by atoms with van der Waals surface area (Å²) in [7, 11) is 0. The molecule has 0 aliphatic carbocycles. The predicted octanol–water partition coefficient (Wildman–Crippen LogP) is 3.51. The smallest absolute Gasteiger partial charge is 0.0286 e. The molecule has 0 aromatic heterocycles. The molecule has 0 radical (unpaired) electrons. The fourth-order valence-corrected chi connectivity index (χ4v) is 1.30. The van der Waals surface area contributed by atoms with Gasteiger partial charge >= 0.3 is 0 Å². The van der Waals surface area contributed by atoms with Crippen LogP contribution in [-0.2, 0) is 0 Å². The number of azide groups is 1. The van der Waals surface area contributed by atoms with E-state index in [0.717, 1.165) is 0 Å². The largest absolute Gasteiger partial charge is 0.0937 e. The van der Waals surface area contributed by atoms with E-state index in [2.05, 4.69) is 23.9 Å². The van der Waals surface area contributed by atoms with Crippen molar-refractivity contribution in [2.75, 3.05) is 6.54 Å². The summed E-state index contributed by atoms with van der Waals surface area (Å²) in [5.74, 6) is 0.612. The number of nitrogens with zero attached hydrogens (tertiary/aromatic N) is 3. The van der Waals surface area contributed by atoms with E-state index in [1.54, 1.807) is 0 Å². The third kappa shape index (κ3) is 5.74. The van der Waals surface area contributed by atoms with Gasteiger partial charge in [0.05, 0.1) is 0 Å². The molecule has 0 N–H and O–H groups in total. The Balaban J connectivity index is 3.58. The topological polar surface area (TPSA) is 48.8 Å². The molecule has 0 aromatic rings. The highest BCUT2D eigenvalue weighted by Crippen LogP contribution is 2.13. The summed E-state index contributed by atoms with van der Waals surface area (Å²) in [4.78, 5) is 2.76. The van der Waals surface area contributed by atoms with Crippen LogP contribution in [0.2, 0.25) is 0 Å².